The van der Waals surface area contributed by atoms with Crippen LogP contribution in [0.25, 0.3) is 0 Å². The molecule has 2 atom stereocenters. The average Bonchev–Trinajstić information content (AvgIpc) is 2.70. The number of aryl methyl sites for hydroxylation is 1. The first-order chi connectivity index (χ1) is 9.81. The van der Waals surface area contributed by atoms with Gasteiger partial charge in [-0.2, -0.15) is 0 Å². The highest BCUT2D eigenvalue weighted by molar-refractivity contribution is 5.56. The Hall–Kier alpha value is -1.02. The number of nitrogens with one attached hydrogen (secondary N) is 1. The molecule has 2 unspecified atom stereocenters. The van der Waals surface area contributed by atoms with E-state index in [1.165, 1.54) is 57.1 Å². The summed E-state index contributed by atoms with van der Waals surface area (Å²) >= 11 is 0. The van der Waals surface area contributed by atoms with Crippen LogP contribution in [0.3, 0.4) is 0 Å². The lowest BCUT2D eigenvalue weighted by molar-refractivity contribution is 0.169. The Balaban J connectivity index is 1.52. The van der Waals surface area contributed by atoms with Crippen LogP contribution in [0.5, 0.6) is 0 Å². The summed E-state index contributed by atoms with van der Waals surface area (Å²) in [4.78, 5) is 2.62. The predicted molar refractivity (Wildman–Crippen MR) is 84.3 cm³/mol. The summed E-state index contributed by atoms with van der Waals surface area (Å²) in [6.45, 7) is 0. The number of fused-ring (bicyclic) bond motifs is 3. The minimum absolute atomic E-state index is 0.692. The van der Waals surface area contributed by atoms with Crippen molar-refractivity contribution in [3.05, 3.63) is 29.3 Å². The van der Waals surface area contributed by atoms with Crippen LogP contribution in [-0.2, 0) is 12.8 Å². The van der Waals surface area contributed by atoms with Crippen LogP contribution in [0.15, 0.2) is 18.2 Å². The highest BCUT2D eigenvalue weighted by atomic mass is 15.2. The molecule has 4 rings (SSSR count). The minimum atomic E-state index is 0.692. The van der Waals surface area contributed by atoms with Crippen molar-refractivity contribution < 1.29 is 0 Å². The molecule has 3 aliphatic rings. The van der Waals surface area contributed by atoms with Gasteiger partial charge in [0.1, 0.15) is 0 Å². The molecule has 2 heterocycles. The normalized spacial score (nSPS) is 33.0. The molecular formula is C18H26N2. The van der Waals surface area contributed by atoms with E-state index in [9.17, 15) is 0 Å². The fourth-order valence-corrected chi connectivity index (χ4v) is 4.67. The number of hydrogen-bond acceptors (Lipinski definition) is 2. The lowest BCUT2D eigenvalue weighted by Gasteiger charge is -2.37. The van der Waals surface area contributed by atoms with Crippen molar-refractivity contribution in [1.29, 1.82) is 0 Å². The molecule has 0 spiro atoms. The molecule has 0 radical (unpaired) electrons. The summed E-state index contributed by atoms with van der Waals surface area (Å²) in [5, 5.41) is 3.90. The molecule has 1 aromatic carbocycles. The van der Waals surface area contributed by atoms with E-state index in [-0.39, 0.29) is 0 Å². The Bertz CT molecular complexity index is 482. The van der Waals surface area contributed by atoms with Gasteiger partial charge in [-0.25, -0.2) is 0 Å². The zero-order valence-electron chi connectivity index (χ0n) is 12.6. The summed E-state index contributed by atoms with van der Waals surface area (Å²) < 4.78 is 0. The van der Waals surface area contributed by atoms with E-state index in [0.717, 1.165) is 12.1 Å². The number of benzene rings is 1. The maximum Gasteiger partial charge on any atom is 0.0377 e. The maximum atomic E-state index is 3.90. The van der Waals surface area contributed by atoms with Gasteiger partial charge in [0.15, 0.2) is 0 Å². The predicted octanol–water partition coefficient (Wildman–Crippen LogP) is 3.60. The molecule has 108 valence electrons. The molecule has 1 aromatic rings. The van der Waals surface area contributed by atoms with E-state index in [0.29, 0.717) is 6.04 Å². The fraction of sp³-hybridized carbons (Fsp3) is 0.667. The Kier molecular flexibility index (Phi) is 3.22. The van der Waals surface area contributed by atoms with Gasteiger partial charge < -0.3 is 10.2 Å². The van der Waals surface area contributed by atoms with Crippen molar-refractivity contribution in [2.45, 2.75) is 69.5 Å². The van der Waals surface area contributed by atoms with Gasteiger partial charge in [0.25, 0.3) is 0 Å². The molecule has 2 bridgehead atoms. The summed E-state index contributed by atoms with van der Waals surface area (Å²) in [5.74, 6) is 0. The van der Waals surface area contributed by atoms with Gasteiger partial charge in [-0.05, 0) is 75.6 Å². The van der Waals surface area contributed by atoms with Crippen LogP contribution in [0, 0.1) is 0 Å². The van der Waals surface area contributed by atoms with Crippen molar-refractivity contribution in [3.63, 3.8) is 0 Å². The number of hydrogen-bond donors (Lipinski definition) is 1. The first kappa shape index (κ1) is 12.7. The van der Waals surface area contributed by atoms with Crippen molar-refractivity contribution in [2.24, 2.45) is 0 Å². The Morgan fingerprint density at radius 3 is 2.60 bits per heavy atom. The molecule has 0 saturated carbocycles. The highest BCUT2D eigenvalue weighted by Crippen LogP contribution is 2.36. The fourth-order valence-electron chi connectivity index (χ4n) is 4.67. The zero-order valence-corrected chi connectivity index (χ0v) is 12.6. The first-order valence-corrected chi connectivity index (χ1v) is 8.40. The SMILES string of the molecule is CN1C2CCC1CC(Nc1cccc3c1CCCC3)C2. The zero-order chi connectivity index (χ0) is 13.5. The van der Waals surface area contributed by atoms with Crippen molar-refractivity contribution in [3.8, 4) is 0 Å². The lowest BCUT2D eigenvalue weighted by Crippen LogP contribution is -2.44. The molecule has 2 saturated heterocycles. The minimum Gasteiger partial charge on any atom is -0.382 e. The third-order valence-corrected chi connectivity index (χ3v) is 5.85. The number of piperidine rings is 1. The monoisotopic (exact) mass is 270 g/mol. The van der Waals surface area contributed by atoms with Gasteiger partial charge in [-0.15, -0.1) is 0 Å². The van der Waals surface area contributed by atoms with Gasteiger partial charge in [-0.3, -0.25) is 0 Å². The van der Waals surface area contributed by atoms with Crippen LogP contribution >= 0.6 is 0 Å². The largest absolute Gasteiger partial charge is 0.382 e. The second kappa shape index (κ2) is 5.07. The quantitative estimate of drug-likeness (QED) is 0.883. The first-order valence-electron chi connectivity index (χ1n) is 8.40. The van der Waals surface area contributed by atoms with E-state index < -0.39 is 0 Å². The number of anilines is 1. The molecule has 2 nitrogen and oxygen atoms in total. The Labute approximate surface area is 122 Å². The Morgan fingerprint density at radius 2 is 1.80 bits per heavy atom. The smallest absolute Gasteiger partial charge is 0.0377 e. The van der Waals surface area contributed by atoms with Gasteiger partial charge in [0.2, 0.25) is 0 Å². The molecular weight excluding hydrogens is 244 g/mol. The van der Waals surface area contributed by atoms with Crippen LogP contribution in [0.2, 0.25) is 0 Å². The third kappa shape index (κ3) is 2.14. The highest BCUT2D eigenvalue weighted by Gasteiger charge is 2.38. The van der Waals surface area contributed by atoms with E-state index in [2.05, 4.69) is 35.5 Å². The van der Waals surface area contributed by atoms with Gasteiger partial charge in [-0.1, -0.05) is 12.1 Å². The van der Waals surface area contributed by atoms with Crippen LogP contribution < -0.4 is 5.32 Å². The number of rotatable bonds is 2. The summed E-state index contributed by atoms with van der Waals surface area (Å²) in [7, 11) is 2.32. The van der Waals surface area contributed by atoms with E-state index in [1.54, 1.807) is 11.1 Å². The van der Waals surface area contributed by atoms with E-state index in [1.807, 2.05) is 0 Å². The molecule has 0 amide bonds. The molecule has 1 N–H and O–H groups in total. The van der Waals surface area contributed by atoms with Crippen LogP contribution in [0.4, 0.5) is 5.69 Å². The standard InChI is InChI=1S/C18H26N2/c1-20-15-9-10-16(20)12-14(11-15)19-18-8-4-6-13-5-2-3-7-17(13)18/h4,6,8,14-16,19H,2-3,5,7,9-12H2,1H3. The lowest BCUT2D eigenvalue weighted by atomic mass is 9.89. The average molecular weight is 270 g/mol. The molecule has 2 heteroatoms. The van der Waals surface area contributed by atoms with Gasteiger partial charge >= 0.3 is 0 Å². The van der Waals surface area contributed by atoms with Gasteiger partial charge in [0, 0.05) is 23.8 Å². The van der Waals surface area contributed by atoms with Crippen molar-refractivity contribution in [2.75, 3.05) is 12.4 Å². The van der Waals surface area contributed by atoms with Gasteiger partial charge in [0.05, 0.1) is 0 Å². The van der Waals surface area contributed by atoms with E-state index >= 15 is 0 Å². The summed E-state index contributed by atoms with van der Waals surface area (Å²) in [6, 6.07) is 9.23. The Morgan fingerprint density at radius 1 is 1.05 bits per heavy atom. The number of nitrogens with zero attached hydrogens (tertiary/aromatic N) is 1. The van der Waals surface area contributed by atoms with Crippen LogP contribution in [0.1, 0.15) is 49.7 Å². The molecule has 20 heavy (non-hydrogen) atoms. The summed E-state index contributed by atoms with van der Waals surface area (Å²) in [6.07, 6.45) is 10.8. The maximum absolute atomic E-state index is 3.90. The summed E-state index contributed by atoms with van der Waals surface area (Å²) in [5.41, 5.74) is 4.65. The third-order valence-electron chi connectivity index (χ3n) is 5.85. The van der Waals surface area contributed by atoms with Crippen molar-refractivity contribution >= 4 is 5.69 Å². The second-order valence-corrected chi connectivity index (χ2v) is 7.01. The molecule has 1 aliphatic carbocycles. The van der Waals surface area contributed by atoms with E-state index in [4.69, 9.17) is 0 Å². The molecule has 2 fully saturated rings. The molecule has 0 aromatic heterocycles. The van der Waals surface area contributed by atoms with Crippen molar-refractivity contribution in [1.82, 2.24) is 4.90 Å². The molecule has 2 aliphatic heterocycles. The second-order valence-electron chi connectivity index (χ2n) is 7.01. The van der Waals surface area contributed by atoms with Crippen LogP contribution in [-0.4, -0.2) is 30.1 Å². The topological polar surface area (TPSA) is 15.3 Å².